The van der Waals surface area contributed by atoms with E-state index in [1.165, 1.54) is 0 Å². The van der Waals surface area contributed by atoms with E-state index in [0.29, 0.717) is 32.7 Å². The molecule has 1 aromatic heterocycles. The van der Waals surface area contributed by atoms with Crippen LogP contribution in [-0.4, -0.2) is 16.8 Å². The number of aromatic nitrogens is 1. The molecule has 4 nitrogen and oxygen atoms in total. The molecule has 3 aromatic rings. The summed E-state index contributed by atoms with van der Waals surface area (Å²) >= 11 is 6.20. The van der Waals surface area contributed by atoms with Gasteiger partial charge in [-0.25, -0.2) is 9.88 Å². The molecule has 0 spiro atoms. The van der Waals surface area contributed by atoms with E-state index < -0.39 is 0 Å². The summed E-state index contributed by atoms with van der Waals surface area (Å²) in [5, 5.41) is 1.84. The van der Waals surface area contributed by atoms with Gasteiger partial charge in [-0.15, -0.1) is 0 Å². The number of anilines is 1. The number of rotatable bonds is 1. The van der Waals surface area contributed by atoms with E-state index in [1.807, 2.05) is 19.1 Å². The van der Waals surface area contributed by atoms with E-state index in [2.05, 4.69) is 4.98 Å². The SMILES string of the molecule is Cc1cccc(N2C(=O)c3cccc4c(Cl)ccc(c34)C2=O)n1. The van der Waals surface area contributed by atoms with Gasteiger partial charge in [0.2, 0.25) is 0 Å². The molecule has 5 heteroatoms. The van der Waals surface area contributed by atoms with Crippen LogP contribution < -0.4 is 4.90 Å². The summed E-state index contributed by atoms with van der Waals surface area (Å²) in [5.74, 6) is -0.431. The van der Waals surface area contributed by atoms with Gasteiger partial charge in [0, 0.05) is 32.6 Å². The topological polar surface area (TPSA) is 50.3 Å². The van der Waals surface area contributed by atoms with Crippen LogP contribution in [0.25, 0.3) is 10.8 Å². The van der Waals surface area contributed by atoms with E-state index in [1.54, 1.807) is 36.4 Å². The minimum atomic E-state index is -0.381. The Morgan fingerprint density at radius 3 is 2.35 bits per heavy atom. The number of hydrogen-bond acceptors (Lipinski definition) is 3. The number of carbonyl (C=O) groups is 2. The first kappa shape index (κ1) is 13.9. The second-order valence-electron chi connectivity index (χ2n) is 5.41. The molecule has 0 radical (unpaired) electrons. The lowest BCUT2D eigenvalue weighted by Crippen LogP contribution is -2.41. The summed E-state index contributed by atoms with van der Waals surface area (Å²) in [6, 6.07) is 13.9. The number of benzene rings is 2. The maximum atomic E-state index is 12.9. The molecule has 0 fully saturated rings. The summed E-state index contributed by atoms with van der Waals surface area (Å²) in [5.41, 5.74) is 1.66. The van der Waals surface area contributed by atoms with Gasteiger partial charge in [0.1, 0.15) is 5.82 Å². The first-order chi connectivity index (χ1) is 11.1. The number of hydrogen-bond donors (Lipinski definition) is 0. The van der Waals surface area contributed by atoms with Crippen molar-refractivity contribution in [2.45, 2.75) is 6.92 Å². The molecular weight excluding hydrogens is 312 g/mol. The van der Waals surface area contributed by atoms with Crippen LogP contribution in [0, 0.1) is 6.92 Å². The molecule has 0 N–H and O–H groups in total. The molecule has 0 saturated carbocycles. The van der Waals surface area contributed by atoms with Crippen molar-refractivity contribution in [1.82, 2.24) is 4.98 Å². The first-order valence-electron chi connectivity index (χ1n) is 7.11. The summed E-state index contributed by atoms with van der Waals surface area (Å²) in [4.78, 5) is 31.2. The summed E-state index contributed by atoms with van der Waals surface area (Å²) in [6.07, 6.45) is 0. The van der Waals surface area contributed by atoms with Crippen LogP contribution in [0.3, 0.4) is 0 Å². The van der Waals surface area contributed by atoms with Gasteiger partial charge in [-0.1, -0.05) is 29.8 Å². The molecule has 2 heterocycles. The van der Waals surface area contributed by atoms with Gasteiger partial charge in [0.05, 0.1) is 0 Å². The van der Waals surface area contributed by atoms with Crippen molar-refractivity contribution in [3.8, 4) is 0 Å². The molecule has 4 rings (SSSR count). The highest BCUT2D eigenvalue weighted by atomic mass is 35.5. The summed E-state index contributed by atoms with van der Waals surface area (Å²) < 4.78 is 0. The van der Waals surface area contributed by atoms with E-state index in [4.69, 9.17) is 11.6 Å². The largest absolute Gasteiger partial charge is 0.268 e. The van der Waals surface area contributed by atoms with Gasteiger partial charge in [-0.3, -0.25) is 9.59 Å². The second-order valence-corrected chi connectivity index (χ2v) is 5.81. The van der Waals surface area contributed by atoms with Gasteiger partial charge in [0.15, 0.2) is 0 Å². The van der Waals surface area contributed by atoms with Gasteiger partial charge in [-0.2, -0.15) is 0 Å². The highest BCUT2D eigenvalue weighted by Crippen LogP contribution is 2.35. The molecule has 2 amide bonds. The van der Waals surface area contributed by atoms with Crippen molar-refractivity contribution in [2.75, 3.05) is 4.90 Å². The van der Waals surface area contributed by atoms with Crippen molar-refractivity contribution in [1.29, 1.82) is 0 Å². The lowest BCUT2D eigenvalue weighted by atomic mass is 9.94. The molecule has 112 valence electrons. The zero-order chi connectivity index (χ0) is 16.1. The highest BCUT2D eigenvalue weighted by molar-refractivity contribution is 6.40. The smallest absolute Gasteiger partial charge is 0.267 e. The highest BCUT2D eigenvalue weighted by Gasteiger charge is 2.35. The Bertz CT molecular complexity index is 975. The molecule has 1 aliphatic heterocycles. The predicted molar refractivity (Wildman–Crippen MR) is 89.1 cm³/mol. The molecule has 2 aromatic carbocycles. The lowest BCUT2D eigenvalue weighted by molar-refractivity contribution is 0.0892. The zero-order valence-electron chi connectivity index (χ0n) is 12.2. The molecule has 0 unspecified atom stereocenters. The van der Waals surface area contributed by atoms with E-state index >= 15 is 0 Å². The lowest BCUT2D eigenvalue weighted by Gasteiger charge is -2.26. The fourth-order valence-corrected chi connectivity index (χ4v) is 3.14. The van der Waals surface area contributed by atoms with Crippen molar-refractivity contribution in [3.05, 3.63) is 70.4 Å². The number of imide groups is 1. The minimum absolute atomic E-state index is 0.331. The molecule has 23 heavy (non-hydrogen) atoms. The van der Waals surface area contributed by atoms with Gasteiger partial charge in [-0.05, 0) is 37.3 Å². The van der Waals surface area contributed by atoms with Gasteiger partial charge >= 0.3 is 0 Å². The quantitative estimate of drug-likeness (QED) is 0.636. The van der Waals surface area contributed by atoms with E-state index in [9.17, 15) is 9.59 Å². The molecule has 1 aliphatic rings. The van der Waals surface area contributed by atoms with Crippen LogP contribution in [-0.2, 0) is 0 Å². The average molecular weight is 323 g/mol. The van der Waals surface area contributed by atoms with Gasteiger partial charge in [0.25, 0.3) is 11.8 Å². The minimum Gasteiger partial charge on any atom is -0.268 e. The summed E-state index contributed by atoms with van der Waals surface area (Å²) in [6.45, 7) is 1.82. The number of halogens is 1. The van der Waals surface area contributed by atoms with Crippen LogP contribution in [0.15, 0.2) is 48.5 Å². The zero-order valence-corrected chi connectivity index (χ0v) is 13.0. The Morgan fingerprint density at radius 1 is 0.913 bits per heavy atom. The van der Waals surface area contributed by atoms with Crippen molar-refractivity contribution < 1.29 is 9.59 Å². The van der Waals surface area contributed by atoms with Crippen LogP contribution in [0.4, 0.5) is 5.82 Å². The molecule has 0 bridgehead atoms. The number of aryl methyl sites for hydroxylation is 1. The van der Waals surface area contributed by atoms with E-state index in [0.717, 1.165) is 10.6 Å². The fraction of sp³-hybridized carbons (Fsp3) is 0.0556. The fourth-order valence-electron chi connectivity index (χ4n) is 2.92. The second kappa shape index (κ2) is 4.89. The Morgan fingerprint density at radius 2 is 1.61 bits per heavy atom. The monoisotopic (exact) mass is 322 g/mol. The van der Waals surface area contributed by atoms with Crippen LogP contribution >= 0.6 is 11.6 Å². The predicted octanol–water partition coefficient (Wildman–Crippen LogP) is 4.00. The first-order valence-corrected chi connectivity index (χ1v) is 7.49. The van der Waals surface area contributed by atoms with Crippen LogP contribution in [0.1, 0.15) is 26.4 Å². The van der Waals surface area contributed by atoms with Crippen LogP contribution in [0.5, 0.6) is 0 Å². The molecule has 0 atom stereocenters. The third-order valence-electron chi connectivity index (χ3n) is 3.96. The third kappa shape index (κ3) is 1.95. The Balaban J connectivity index is 2.01. The van der Waals surface area contributed by atoms with Crippen molar-refractivity contribution in [3.63, 3.8) is 0 Å². The number of amides is 2. The number of pyridine rings is 1. The molecular formula is C18H11ClN2O2. The average Bonchev–Trinajstić information content (AvgIpc) is 2.54. The third-order valence-corrected chi connectivity index (χ3v) is 4.29. The molecule has 0 saturated heterocycles. The van der Waals surface area contributed by atoms with Crippen molar-refractivity contribution in [2.24, 2.45) is 0 Å². The van der Waals surface area contributed by atoms with Crippen LogP contribution in [0.2, 0.25) is 5.02 Å². The Hall–Kier alpha value is -2.72. The Labute approximate surface area is 137 Å². The Kier molecular flexibility index (Phi) is 2.96. The standard InChI is InChI=1S/C18H11ClN2O2/c1-10-4-2-7-15(20-10)21-17(22)12-6-3-5-11-14(19)9-8-13(16(11)12)18(21)23/h2-9H,1H3. The van der Waals surface area contributed by atoms with Gasteiger partial charge < -0.3 is 0 Å². The number of carbonyl (C=O) groups excluding carboxylic acids is 2. The maximum Gasteiger partial charge on any atom is 0.267 e. The normalized spacial score (nSPS) is 13.7. The van der Waals surface area contributed by atoms with E-state index in [-0.39, 0.29) is 11.8 Å². The number of nitrogens with zero attached hydrogens (tertiary/aromatic N) is 2. The molecule has 0 aliphatic carbocycles. The van der Waals surface area contributed by atoms with Crippen molar-refractivity contribution >= 4 is 40.0 Å². The summed E-state index contributed by atoms with van der Waals surface area (Å²) in [7, 11) is 0. The maximum absolute atomic E-state index is 12.9.